The Kier molecular flexibility index (Phi) is 6.65. The van der Waals surface area contributed by atoms with Crippen molar-refractivity contribution in [3.05, 3.63) is 63.1 Å². The van der Waals surface area contributed by atoms with E-state index < -0.39 is 11.5 Å². The van der Waals surface area contributed by atoms with Gasteiger partial charge in [-0.1, -0.05) is 0 Å². The van der Waals surface area contributed by atoms with Crippen molar-refractivity contribution in [2.24, 2.45) is 0 Å². The zero-order chi connectivity index (χ0) is 21.7. The van der Waals surface area contributed by atoms with E-state index in [0.717, 1.165) is 19.4 Å². The Labute approximate surface area is 174 Å². The molecule has 0 radical (unpaired) electrons. The van der Waals surface area contributed by atoms with E-state index in [2.05, 4.69) is 10.6 Å². The maximum absolute atomic E-state index is 12.4. The lowest BCUT2D eigenvalue weighted by atomic mass is 10.1. The van der Waals surface area contributed by atoms with E-state index in [4.69, 9.17) is 10.00 Å². The number of amides is 2. The van der Waals surface area contributed by atoms with Crippen molar-refractivity contribution in [3.8, 4) is 6.07 Å². The van der Waals surface area contributed by atoms with E-state index in [9.17, 15) is 14.4 Å². The predicted molar refractivity (Wildman–Crippen MR) is 111 cm³/mol. The van der Waals surface area contributed by atoms with Gasteiger partial charge in [0.05, 0.1) is 6.10 Å². The fourth-order valence-electron chi connectivity index (χ4n) is 3.42. The summed E-state index contributed by atoms with van der Waals surface area (Å²) in [6, 6.07) is 10.1. The molecule has 1 saturated heterocycles. The number of carbonyl (C=O) groups is 2. The third kappa shape index (κ3) is 4.93. The van der Waals surface area contributed by atoms with Gasteiger partial charge in [0, 0.05) is 30.1 Å². The van der Waals surface area contributed by atoms with Crippen LogP contribution in [0.25, 0.3) is 0 Å². The summed E-state index contributed by atoms with van der Waals surface area (Å²) in [5.41, 5.74) is 1.73. The number of aromatic nitrogens is 1. The van der Waals surface area contributed by atoms with Gasteiger partial charge in [0.25, 0.3) is 11.5 Å². The molecule has 3 rings (SSSR count). The fourth-order valence-corrected chi connectivity index (χ4v) is 3.42. The number of pyridine rings is 1. The van der Waals surface area contributed by atoms with E-state index in [-0.39, 0.29) is 24.1 Å². The highest BCUT2D eigenvalue weighted by Crippen LogP contribution is 2.13. The molecule has 8 nitrogen and oxygen atoms in total. The van der Waals surface area contributed by atoms with Crippen molar-refractivity contribution >= 4 is 17.5 Å². The van der Waals surface area contributed by atoms with Gasteiger partial charge in [-0.3, -0.25) is 14.4 Å². The predicted octanol–water partition coefficient (Wildman–Crippen LogP) is 1.88. The summed E-state index contributed by atoms with van der Waals surface area (Å²) in [7, 11) is 0. The van der Waals surface area contributed by atoms with E-state index in [1.165, 1.54) is 4.57 Å². The maximum Gasteiger partial charge on any atom is 0.269 e. The van der Waals surface area contributed by atoms with Crippen LogP contribution >= 0.6 is 0 Å². The van der Waals surface area contributed by atoms with Crippen LogP contribution in [0.1, 0.15) is 40.0 Å². The van der Waals surface area contributed by atoms with Crippen LogP contribution in [0, 0.1) is 25.2 Å². The summed E-state index contributed by atoms with van der Waals surface area (Å²) in [6.45, 7) is 4.42. The van der Waals surface area contributed by atoms with E-state index >= 15 is 0 Å². The number of rotatable bonds is 6. The topological polar surface area (TPSA) is 113 Å². The molecule has 2 aromatic rings. The molecule has 2 amide bonds. The number of anilines is 1. The minimum atomic E-state index is -0.483. The quantitative estimate of drug-likeness (QED) is 0.758. The minimum absolute atomic E-state index is 0.0340. The normalized spacial score (nSPS) is 15.4. The third-order valence-corrected chi connectivity index (χ3v) is 5.06. The van der Waals surface area contributed by atoms with Crippen LogP contribution in [0.5, 0.6) is 0 Å². The summed E-state index contributed by atoms with van der Waals surface area (Å²) < 4.78 is 6.76. The van der Waals surface area contributed by atoms with E-state index in [0.29, 0.717) is 29.1 Å². The summed E-state index contributed by atoms with van der Waals surface area (Å²) in [4.78, 5) is 37.0. The van der Waals surface area contributed by atoms with Gasteiger partial charge < -0.3 is 19.9 Å². The Hall–Kier alpha value is -3.44. The molecule has 8 heteroatoms. The Bertz CT molecular complexity index is 1040. The maximum atomic E-state index is 12.4. The molecule has 0 aliphatic carbocycles. The molecule has 1 fully saturated rings. The number of nitriles is 1. The van der Waals surface area contributed by atoms with Gasteiger partial charge in [0.2, 0.25) is 5.91 Å². The SMILES string of the molecule is Cc1cc(C)n(CC(=O)Nc2ccc(C(=O)NC[C@H]3CCCO3)cc2)c(=O)c1C#N. The van der Waals surface area contributed by atoms with Crippen LogP contribution in [0.4, 0.5) is 5.69 Å². The van der Waals surface area contributed by atoms with Crippen LogP contribution in [0.3, 0.4) is 0 Å². The van der Waals surface area contributed by atoms with Crippen molar-refractivity contribution in [2.45, 2.75) is 39.3 Å². The van der Waals surface area contributed by atoms with Gasteiger partial charge in [0.1, 0.15) is 18.2 Å². The molecule has 0 unspecified atom stereocenters. The van der Waals surface area contributed by atoms with Gasteiger partial charge in [-0.2, -0.15) is 5.26 Å². The zero-order valence-electron chi connectivity index (χ0n) is 17.0. The van der Waals surface area contributed by atoms with Gasteiger partial charge in [-0.05, 0) is 62.6 Å². The zero-order valence-corrected chi connectivity index (χ0v) is 17.0. The molecule has 1 aromatic carbocycles. The monoisotopic (exact) mass is 408 g/mol. The number of nitrogens with one attached hydrogen (secondary N) is 2. The first-order chi connectivity index (χ1) is 14.4. The second-order valence-corrected chi connectivity index (χ2v) is 7.32. The Morgan fingerprint density at radius 1 is 1.27 bits per heavy atom. The number of carbonyl (C=O) groups excluding carboxylic acids is 2. The molecule has 0 spiro atoms. The molecular weight excluding hydrogens is 384 g/mol. The number of ether oxygens (including phenoxy) is 1. The highest BCUT2D eigenvalue weighted by Gasteiger charge is 2.17. The van der Waals surface area contributed by atoms with Crippen LogP contribution in [-0.4, -0.2) is 35.6 Å². The van der Waals surface area contributed by atoms with Crippen molar-refractivity contribution in [1.29, 1.82) is 5.26 Å². The lowest BCUT2D eigenvalue weighted by Gasteiger charge is -2.13. The van der Waals surface area contributed by atoms with E-state index in [1.807, 2.05) is 6.07 Å². The molecule has 1 aromatic heterocycles. The number of nitrogens with zero attached hydrogens (tertiary/aromatic N) is 2. The first-order valence-corrected chi connectivity index (χ1v) is 9.80. The lowest BCUT2D eigenvalue weighted by molar-refractivity contribution is -0.116. The molecule has 0 saturated carbocycles. The van der Waals surface area contributed by atoms with Crippen molar-refractivity contribution in [2.75, 3.05) is 18.5 Å². The average molecular weight is 408 g/mol. The highest BCUT2D eigenvalue weighted by atomic mass is 16.5. The van der Waals surface area contributed by atoms with Gasteiger partial charge in [-0.25, -0.2) is 0 Å². The number of aryl methyl sites for hydroxylation is 2. The first kappa shape index (κ1) is 21.3. The molecule has 2 N–H and O–H groups in total. The van der Waals surface area contributed by atoms with E-state index in [1.54, 1.807) is 44.2 Å². The van der Waals surface area contributed by atoms with Crippen molar-refractivity contribution in [1.82, 2.24) is 9.88 Å². The lowest BCUT2D eigenvalue weighted by Crippen LogP contribution is -2.32. The second kappa shape index (κ2) is 9.37. The molecule has 156 valence electrons. The minimum Gasteiger partial charge on any atom is -0.376 e. The van der Waals surface area contributed by atoms with Crippen LogP contribution in [0.2, 0.25) is 0 Å². The van der Waals surface area contributed by atoms with Crippen LogP contribution in [0.15, 0.2) is 35.1 Å². The largest absolute Gasteiger partial charge is 0.376 e. The van der Waals surface area contributed by atoms with Crippen molar-refractivity contribution in [3.63, 3.8) is 0 Å². The first-order valence-electron chi connectivity index (χ1n) is 9.80. The Balaban J connectivity index is 1.60. The van der Waals surface area contributed by atoms with Crippen molar-refractivity contribution < 1.29 is 14.3 Å². The molecule has 30 heavy (non-hydrogen) atoms. The number of benzene rings is 1. The molecule has 2 heterocycles. The summed E-state index contributed by atoms with van der Waals surface area (Å²) in [5, 5.41) is 14.7. The summed E-state index contributed by atoms with van der Waals surface area (Å²) in [5.74, 6) is -0.599. The molecule has 0 bridgehead atoms. The Morgan fingerprint density at radius 3 is 2.63 bits per heavy atom. The van der Waals surface area contributed by atoms with Gasteiger partial charge in [-0.15, -0.1) is 0 Å². The van der Waals surface area contributed by atoms with Crippen LogP contribution < -0.4 is 16.2 Å². The average Bonchev–Trinajstić information content (AvgIpc) is 3.24. The Morgan fingerprint density at radius 2 is 2.00 bits per heavy atom. The number of hydrogen-bond acceptors (Lipinski definition) is 5. The smallest absolute Gasteiger partial charge is 0.269 e. The summed E-state index contributed by atoms with van der Waals surface area (Å²) in [6.07, 6.45) is 2.04. The second-order valence-electron chi connectivity index (χ2n) is 7.32. The van der Waals surface area contributed by atoms with Gasteiger partial charge >= 0.3 is 0 Å². The third-order valence-electron chi connectivity index (χ3n) is 5.06. The molecule has 1 aliphatic rings. The fraction of sp³-hybridized carbons (Fsp3) is 0.364. The van der Waals surface area contributed by atoms with Gasteiger partial charge in [0.15, 0.2) is 0 Å². The summed E-state index contributed by atoms with van der Waals surface area (Å²) >= 11 is 0. The molecule has 1 atom stereocenters. The number of hydrogen-bond donors (Lipinski definition) is 2. The molecular formula is C22H24N4O4. The molecule has 1 aliphatic heterocycles. The standard InChI is InChI=1S/C22H24N4O4/c1-14-10-15(2)26(22(29)19(14)11-23)13-20(27)25-17-7-5-16(6-8-17)21(28)24-12-18-4-3-9-30-18/h5-8,10,18H,3-4,9,12-13H2,1-2H3,(H,24,28)(H,25,27)/t18-/m1/s1. The van der Waals surface area contributed by atoms with Crippen LogP contribution in [-0.2, 0) is 16.1 Å². The highest BCUT2D eigenvalue weighted by molar-refractivity contribution is 5.95.